The summed E-state index contributed by atoms with van der Waals surface area (Å²) in [6.07, 6.45) is 2.95. The highest BCUT2D eigenvalue weighted by Crippen LogP contribution is 2.59. The molecule has 1 spiro atoms. The van der Waals surface area contributed by atoms with Crippen molar-refractivity contribution in [2.24, 2.45) is 17.8 Å². The number of esters is 1. The van der Waals surface area contributed by atoms with Crippen molar-refractivity contribution in [3.05, 3.63) is 12.2 Å². The predicted octanol–water partition coefficient (Wildman–Crippen LogP) is 2.32. The maximum atomic E-state index is 12.0. The molecule has 5 aliphatic rings. The second-order valence-electron chi connectivity index (χ2n) is 6.79. The molecule has 4 aliphatic heterocycles. The van der Waals surface area contributed by atoms with Gasteiger partial charge in [0.2, 0.25) is 12.1 Å². The molecule has 0 radical (unpaired) electrons. The van der Waals surface area contributed by atoms with Gasteiger partial charge >= 0.3 is 5.97 Å². The molecule has 5 fully saturated rings. The van der Waals surface area contributed by atoms with E-state index < -0.39 is 17.7 Å². The van der Waals surface area contributed by atoms with E-state index in [2.05, 4.69) is 13.5 Å². The first-order valence-electron chi connectivity index (χ1n) is 7.41. The van der Waals surface area contributed by atoms with E-state index in [9.17, 15) is 4.79 Å². The fraction of sp³-hybridized carbons (Fsp3) is 0.800. The summed E-state index contributed by atoms with van der Waals surface area (Å²) >= 11 is 0. The van der Waals surface area contributed by atoms with E-state index >= 15 is 0 Å². The summed E-state index contributed by atoms with van der Waals surface area (Å²) in [5.41, 5.74) is -0.213. The third-order valence-corrected chi connectivity index (χ3v) is 5.62. The quantitative estimate of drug-likeness (QED) is 0.387. The molecule has 0 aromatic heterocycles. The van der Waals surface area contributed by atoms with E-state index in [4.69, 9.17) is 19.2 Å². The van der Waals surface area contributed by atoms with E-state index in [0.717, 1.165) is 25.7 Å². The molecule has 1 aliphatic carbocycles. The monoisotopic (exact) mass is 280 g/mol. The maximum Gasteiger partial charge on any atom is 0.336 e. The van der Waals surface area contributed by atoms with E-state index in [0.29, 0.717) is 11.5 Å². The largest absolute Gasteiger partial charge is 0.429 e. The average Bonchev–Trinajstić information content (AvgIpc) is 2.63. The van der Waals surface area contributed by atoms with Crippen molar-refractivity contribution in [3.63, 3.8) is 0 Å². The molecule has 0 aromatic carbocycles. The summed E-state index contributed by atoms with van der Waals surface area (Å²) in [4.78, 5) is 23.5. The van der Waals surface area contributed by atoms with Crippen LogP contribution in [0, 0.1) is 17.8 Å². The molecule has 110 valence electrons. The molecular formula is C15H20O5. The van der Waals surface area contributed by atoms with Gasteiger partial charge in [0.1, 0.15) is 0 Å². The molecule has 2 bridgehead atoms. The first kappa shape index (κ1) is 12.8. The number of hydrogen-bond donors (Lipinski definition) is 0. The van der Waals surface area contributed by atoms with Gasteiger partial charge in [0.05, 0.1) is 0 Å². The van der Waals surface area contributed by atoms with Crippen molar-refractivity contribution in [3.8, 4) is 0 Å². The Morgan fingerprint density at radius 2 is 2.05 bits per heavy atom. The topological polar surface area (TPSA) is 54.0 Å². The van der Waals surface area contributed by atoms with Crippen LogP contribution in [0.5, 0.6) is 0 Å². The molecule has 1 saturated carbocycles. The zero-order chi connectivity index (χ0) is 14.1. The molecule has 5 unspecified atom stereocenters. The Balaban J connectivity index is 1.86. The van der Waals surface area contributed by atoms with E-state index in [-0.39, 0.29) is 17.8 Å². The molecule has 0 amide bonds. The molecule has 20 heavy (non-hydrogen) atoms. The summed E-state index contributed by atoms with van der Waals surface area (Å²) in [6, 6.07) is 0. The van der Waals surface area contributed by atoms with Crippen LogP contribution in [0.2, 0.25) is 0 Å². The van der Waals surface area contributed by atoms with Crippen molar-refractivity contribution in [1.82, 2.24) is 0 Å². The lowest BCUT2D eigenvalue weighted by Gasteiger charge is -2.56. The Labute approximate surface area is 118 Å². The minimum atomic E-state index is -0.823. The Morgan fingerprint density at radius 1 is 1.25 bits per heavy atom. The maximum absolute atomic E-state index is 12.0. The van der Waals surface area contributed by atoms with Gasteiger partial charge in [-0.1, -0.05) is 13.5 Å². The molecule has 5 heteroatoms. The molecule has 0 aromatic rings. The lowest BCUT2D eigenvalue weighted by atomic mass is 9.59. The fourth-order valence-corrected chi connectivity index (χ4v) is 4.46. The zero-order valence-corrected chi connectivity index (χ0v) is 11.9. The minimum Gasteiger partial charge on any atom is -0.429 e. The lowest BCUT2D eigenvalue weighted by molar-refractivity contribution is -0.554. The van der Waals surface area contributed by atoms with Crippen molar-refractivity contribution in [2.45, 2.75) is 57.2 Å². The van der Waals surface area contributed by atoms with Crippen LogP contribution >= 0.6 is 0 Å². The Hall–Kier alpha value is -0.910. The summed E-state index contributed by atoms with van der Waals surface area (Å²) in [5.74, 6) is -0.501. The van der Waals surface area contributed by atoms with Crippen LogP contribution in [0.4, 0.5) is 0 Å². The Morgan fingerprint density at radius 3 is 2.85 bits per heavy atom. The zero-order valence-electron chi connectivity index (χ0n) is 11.9. The Kier molecular flexibility index (Phi) is 2.46. The molecule has 4 saturated heterocycles. The summed E-state index contributed by atoms with van der Waals surface area (Å²) in [6.45, 7) is 8.00. The van der Waals surface area contributed by atoms with Crippen LogP contribution < -0.4 is 0 Å². The predicted molar refractivity (Wildman–Crippen MR) is 68.0 cm³/mol. The van der Waals surface area contributed by atoms with Gasteiger partial charge < -0.3 is 9.47 Å². The summed E-state index contributed by atoms with van der Waals surface area (Å²) < 4.78 is 11.5. The summed E-state index contributed by atoms with van der Waals surface area (Å²) in [5, 5.41) is 0. The molecule has 5 nitrogen and oxygen atoms in total. The Bertz CT molecular complexity index is 489. The van der Waals surface area contributed by atoms with Crippen LogP contribution in [0.15, 0.2) is 12.2 Å². The standard InChI is InChI=1S/C15H20O5/c1-8-4-5-11-9(2)12(16)17-13-15(11)10(8)6-7-14(3,18-13)19-20-15/h8,10-11,13H,2,4-7H2,1,3H3/t8?,10?,11?,13?,14-,15?/m0/s1. The highest BCUT2D eigenvalue weighted by molar-refractivity contribution is 5.89. The van der Waals surface area contributed by atoms with E-state index in [1.54, 1.807) is 0 Å². The highest BCUT2D eigenvalue weighted by Gasteiger charge is 2.69. The van der Waals surface area contributed by atoms with E-state index in [1.165, 1.54) is 0 Å². The van der Waals surface area contributed by atoms with Crippen molar-refractivity contribution < 1.29 is 24.0 Å². The van der Waals surface area contributed by atoms with Gasteiger partial charge in [-0.15, -0.1) is 0 Å². The summed E-state index contributed by atoms with van der Waals surface area (Å²) in [7, 11) is 0. The molecule has 6 atom stereocenters. The van der Waals surface area contributed by atoms with Crippen LogP contribution in [-0.4, -0.2) is 23.6 Å². The second kappa shape index (κ2) is 3.84. The van der Waals surface area contributed by atoms with Crippen molar-refractivity contribution in [2.75, 3.05) is 0 Å². The molecule has 4 heterocycles. The normalized spacial score (nSPS) is 54.1. The van der Waals surface area contributed by atoms with Crippen LogP contribution in [-0.2, 0) is 24.0 Å². The third kappa shape index (κ3) is 1.41. The minimum absolute atomic E-state index is 0.0717. The molecule has 5 rings (SSSR count). The average molecular weight is 280 g/mol. The third-order valence-electron chi connectivity index (χ3n) is 5.62. The number of hydrogen-bond acceptors (Lipinski definition) is 5. The van der Waals surface area contributed by atoms with Crippen LogP contribution in [0.3, 0.4) is 0 Å². The van der Waals surface area contributed by atoms with Gasteiger partial charge in [0, 0.05) is 23.8 Å². The van der Waals surface area contributed by atoms with Crippen LogP contribution in [0.25, 0.3) is 0 Å². The smallest absolute Gasteiger partial charge is 0.336 e. The number of carbonyl (C=O) groups excluding carboxylic acids is 1. The fourth-order valence-electron chi connectivity index (χ4n) is 4.46. The SMILES string of the molecule is C=C1C(=O)OC2O[C@]3(C)CCC4C(C)CCC1C24OO3. The van der Waals surface area contributed by atoms with Gasteiger partial charge in [0.15, 0.2) is 5.60 Å². The van der Waals surface area contributed by atoms with E-state index in [1.807, 2.05) is 6.92 Å². The molecule has 0 N–H and O–H groups in total. The number of rotatable bonds is 0. The van der Waals surface area contributed by atoms with Gasteiger partial charge in [-0.3, -0.25) is 0 Å². The highest BCUT2D eigenvalue weighted by atomic mass is 17.3. The van der Waals surface area contributed by atoms with Gasteiger partial charge in [-0.25, -0.2) is 14.6 Å². The number of ether oxygens (including phenoxy) is 2. The first-order valence-corrected chi connectivity index (χ1v) is 7.41. The van der Waals surface area contributed by atoms with Crippen molar-refractivity contribution >= 4 is 5.97 Å². The first-order chi connectivity index (χ1) is 9.46. The van der Waals surface area contributed by atoms with Gasteiger partial charge in [0.25, 0.3) is 0 Å². The van der Waals surface area contributed by atoms with Gasteiger partial charge in [-0.2, -0.15) is 0 Å². The number of fused-ring (bicyclic) bond motifs is 2. The van der Waals surface area contributed by atoms with Crippen molar-refractivity contribution in [1.29, 1.82) is 0 Å². The number of carbonyl (C=O) groups is 1. The van der Waals surface area contributed by atoms with Gasteiger partial charge in [-0.05, 0) is 32.1 Å². The van der Waals surface area contributed by atoms with Crippen LogP contribution in [0.1, 0.15) is 39.5 Å². The second-order valence-corrected chi connectivity index (χ2v) is 6.79. The molecular weight excluding hydrogens is 260 g/mol. The lowest BCUT2D eigenvalue weighted by Crippen LogP contribution is -2.68.